The Morgan fingerprint density at radius 1 is 1.22 bits per heavy atom. The number of nitrogens with zero attached hydrogens (tertiary/aromatic N) is 2. The fourth-order valence-electron chi connectivity index (χ4n) is 1.17. The maximum absolute atomic E-state index is 10.7. The molecule has 0 amide bonds. The smallest absolute Gasteiger partial charge is 0.413 e. The summed E-state index contributed by atoms with van der Waals surface area (Å²) in [6, 6.07) is 9.83. The van der Waals surface area contributed by atoms with E-state index in [1.54, 1.807) is 12.2 Å². The van der Waals surface area contributed by atoms with Gasteiger partial charge in [0.2, 0.25) is 0 Å². The molecule has 0 bridgehead atoms. The van der Waals surface area contributed by atoms with Crippen LogP contribution in [0.15, 0.2) is 42.5 Å². The second-order valence-electron chi connectivity index (χ2n) is 3.35. The van der Waals surface area contributed by atoms with E-state index >= 15 is 0 Å². The first-order valence-corrected chi connectivity index (χ1v) is 5.44. The summed E-state index contributed by atoms with van der Waals surface area (Å²) in [6.07, 6.45) is 4.11. The van der Waals surface area contributed by atoms with Crippen LogP contribution in [-0.2, 0) is 20.9 Å². The van der Waals surface area contributed by atoms with Crippen LogP contribution in [0.4, 0.5) is 0 Å². The molecular weight excluding hydrogens is 232 g/mol. The van der Waals surface area contributed by atoms with E-state index in [-0.39, 0.29) is 6.61 Å². The van der Waals surface area contributed by atoms with Gasteiger partial charge < -0.3 is 15.0 Å². The first-order valence-electron chi connectivity index (χ1n) is 5.44. The summed E-state index contributed by atoms with van der Waals surface area (Å²) in [5.41, 5.74) is 9.16. The van der Waals surface area contributed by atoms with Crippen molar-refractivity contribution < 1.29 is 19.1 Å². The molecule has 1 aromatic carbocycles. The van der Waals surface area contributed by atoms with Crippen LogP contribution in [0.2, 0.25) is 0 Å². The van der Waals surface area contributed by atoms with Gasteiger partial charge in [-0.3, -0.25) is 0 Å². The number of carbonyl (C=O) groups excluding carboxylic acids is 1. The zero-order chi connectivity index (χ0) is 13.1. The van der Waals surface area contributed by atoms with Crippen molar-refractivity contribution in [3.63, 3.8) is 0 Å². The van der Waals surface area contributed by atoms with Crippen LogP contribution in [0.3, 0.4) is 0 Å². The number of esters is 1. The minimum Gasteiger partial charge on any atom is -0.453 e. The molecule has 0 aliphatic rings. The number of benzene rings is 1. The maximum Gasteiger partial charge on any atom is 0.413 e. The first-order chi connectivity index (χ1) is 8.83. The van der Waals surface area contributed by atoms with Crippen molar-refractivity contribution in [3.8, 4) is 0 Å². The van der Waals surface area contributed by atoms with Crippen molar-refractivity contribution in [1.82, 2.24) is 0 Å². The van der Waals surface area contributed by atoms with E-state index in [0.29, 0.717) is 19.4 Å². The molecule has 0 aromatic heterocycles. The number of rotatable bonds is 7. The molecule has 1 rings (SSSR count). The molecule has 1 aromatic rings. The van der Waals surface area contributed by atoms with Crippen LogP contribution in [0.5, 0.6) is 0 Å². The summed E-state index contributed by atoms with van der Waals surface area (Å²) in [5, 5.41) is 0. The Morgan fingerprint density at radius 3 is 2.67 bits per heavy atom. The van der Waals surface area contributed by atoms with Gasteiger partial charge in [0.25, 0.3) is 0 Å². The second kappa shape index (κ2) is 8.87. The van der Waals surface area contributed by atoms with Gasteiger partial charge in [-0.2, -0.15) is 4.79 Å². The van der Waals surface area contributed by atoms with E-state index in [4.69, 9.17) is 10.3 Å². The predicted octanol–water partition coefficient (Wildman–Crippen LogP) is 1.60. The third-order valence-corrected chi connectivity index (χ3v) is 1.98. The van der Waals surface area contributed by atoms with Crippen LogP contribution in [0.25, 0.3) is 5.53 Å². The lowest BCUT2D eigenvalue weighted by Gasteiger charge is -2.00. The standard InChI is InChI=1S/C13H14N2O3/c14-15-10-13(16)18-9-5-4-8-17-11-12-6-2-1-3-7-12/h1-7,10H,8-9,11H2/b5-4-. The third-order valence-electron chi connectivity index (χ3n) is 1.98. The number of hydrogen-bond acceptors (Lipinski definition) is 3. The lowest BCUT2D eigenvalue weighted by molar-refractivity contribution is -0.137. The summed E-state index contributed by atoms with van der Waals surface area (Å²) in [4.78, 5) is 13.3. The Kier molecular flexibility index (Phi) is 6.82. The van der Waals surface area contributed by atoms with Gasteiger partial charge in [0.15, 0.2) is 0 Å². The van der Waals surface area contributed by atoms with Crippen LogP contribution in [0.1, 0.15) is 5.56 Å². The largest absolute Gasteiger partial charge is 0.453 e. The molecule has 0 atom stereocenters. The van der Waals surface area contributed by atoms with Crippen molar-refractivity contribution in [2.45, 2.75) is 6.61 Å². The Balaban J connectivity index is 2.07. The minimum absolute atomic E-state index is 0.125. The van der Waals surface area contributed by atoms with Crippen LogP contribution >= 0.6 is 0 Å². The van der Waals surface area contributed by atoms with Crippen LogP contribution < -0.4 is 0 Å². The summed E-state index contributed by atoms with van der Waals surface area (Å²) in [6.45, 7) is 1.11. The topological polar surface area (TPSA) is 71.9 Å². The molecule has 0 saturated carbocycles. The monoisotopic (exact) mass is 246 g/mol. The summed E-state index contributed by atoms with van der Waals surface area (Å²) in [7, 11) is 0. The molecule has 0 unspecified atom stereocenters. The van der Waals surface area contributed by atoms with Crippen molar-refractivity contribution in [2.24, 2.45) is 0 Å². The lowest BCUT2D eigenvalue weighted by Crippen LogP contribution is -2.05. The van der Waals surface area contributed by atoms with E-state index in [1.807, 2.05) is 30.3 Å². The fraction of sp³-hybridized carbons (Fsp3) is 0.231. The van der Waals surface area contributed by atoms with Gasteiger partial charge in [-0.15, -0.1) is 0 Å². The summed E-state index contributed by atoms with van der Waals surface area (Å²) < 4.78 is 10.0. The number of hydrogen-bond donors (Lipinski definition) is 0. The Morgan fingerprint density at radius 2 is 1.94 bits per heavy atom. The zero-order valence-corrected chi connectivity index (χ0v) is 9.86. The SMILES string of the molecule is [N-]=[N+]=CC(=O)OC/C=C\COCc1ccccc1. The van der Waals surface area contributed by atoms with Crippen molar-refractivity contribution >= 4 is 12.2 Å². The molecular formula is C13H14N2O3. The highest BCUT2D eigenvalue weighted by Crippen LogP contribution is 1.99. The normalized spacial score (nSPS) is 10.0. The molecule has 0 saturated heterocycles. The first kappa shape index (κ1) is 13.8. The Bertz CT molecular complexity index is 437. The highest BCUT2D eigenvalue weighted by Gasteiger charge is 1.99. The van der Waals surface area contributed by atoms with E-state index in [1.165, 1.54) is 0 Å². The average molecular weight is 246 g/mol. The molecule has 5 heteroatoms. The van der Waals surface area contributed by atoms with Crippen LogP contribution in [-0.4, -0.2) is 30.2 Å². The van der Waals surface area contributed by atoms with Crippen molar-refractivity contribution in [3.05, 3.63) is 53.6 Å². The highest BCUT2D eigenvalue weighted by molar-refractivity contribution is 6.20. The molecule has 18 heavy (non-hydrogen) atoms. The Hall–Kier alpha value is -2.23. The van der Waals surface area contributed by atoms with Gasteiger partial charge in [0.05, 0.1) is 13.2 Å². The average Bonchev–Trinajstić information content (AvgIpc) is 2.39. The van der Waals surface area contributed by atoms with Gasteiger partial charge in [0.1, 0.15) is 6.61 Å². The molecule has 94 valence electrons. The van der Waals surface area contributed by atoms with E-state index in [2.05, 4.69) is 9.53 Å². The summed E-state index contributed by atoms with van der Waals surface area (Å²) in [5.74, 6) is -0.688. The van der Waals surface area contributed by atoms with E-state index in [0.717, 1.165) is 5.56 Å². The quantitative estimate of drug-likeness (QED) is 0.183. The third kappa shape index (κ3) is 6.37. The highest BCUT2D eigenvalue weighted by atomic mass is 16.5. The molecule has 0 radical (unpaired) electrons. The van der Waals surface area contributed by atoms with Gasteiger partial charge in [-0.25, -0.2) is 4.79 Å². The molecule has 0 N–H and O–H groups in total. The molecule has 0 spiro atoms. The molecule has 0 heterocycles. The fourth-order valence-corrected chi connectivity index (χ4v) is 1.17. The maximum atomic E-state index is 10.7. The van der Waals surface area contributed by atoms with Gasteiger partial charge in [-0.05, 0) is 11.6 Å². The minimum atomic E-state index is -0.688. The van der Waals surface area contributed by atoms with E-state index < -0.39 is 5.97 Å². The van der Waals surface area contributed by atoms with Gasteiger partial charge >= 0.3 is 12.2 Å². The second-order valence-corrected chi connectivity index (χ2v) is 3.35. The van der Waals surface area contributed by atoms with Crippen molar-refractivity contribution in [1.29, 1.82) is 0 Å². The van der Waals surface area contributed by atoms with Crippen molar-refractivity contribution in [2.75, 3.05) is 13.2 Å². The van der Waals surface area contributed by atoms with Crippen LogP contribution in [0, 0.1) is 0 Å². The molecule has 0 aliphatic heterocycles. The van der Waals surface area contributed by atoms with Gasteiger partial charge in [0, 0.05) is 0 Å². The molecule has 0 aliphatic carbocycles. The Labute approximate surface area is 105 Å². The number of carbonyl (C=O) groups is 1. The van der Waals surface area contributed by atoms with E-state index in [9.17, 15) is 4.79 Å². The lowest BCUT2D eigenvalue weighted by atomic mass is 10.2. The predicted molar refractivity (Wildman–Crippen MR) is 65.9 cm³/mol. The number of ether oxygens (including phenoxy) is 2. The molecule has 0 fully saturated rings. The van der Waals surface area contributed by atoms with Gasteiger partial charge in [-0.1, -0.05) is 36.4 Å². The summed E-state index contributed by atoms with van der Waals surface area (Å²) >= 11 is 0. The molecule has 5 nitrogen and oxygen atoms in total. The zero-order valence-electron chi connectivity index (χ0n) is 9.86.